The topological polar surface area (TPSA) is 153 Å². The van der Waals surface area contributed by atoms with Crippen molar-refractivity contribution in [1.29, 1.82) is 0 Å². The van der Waals surface area contributed by atoms with Gasteiger partial charge in [-0.3, -0.25) is 9.59 Å². The number of carbonyl (C=O) groups excluding carboxylic acids is 2. The molecule has 5 aromatic rings. The van der Waals surface area contributed by atoms with Crippen molar-refractivity contribution < 1.29 is 9.59 Å². The highest BCUT2D eigenvalue weighted by molar-refractivity contribution is 6.15. The lowest BCUT2D eigenvalue weighted by Crippen LogP contribution is -2.11. The highest BCUT2D eigenvalue weighted by Crippen LogP contribution is 2.29. The number of hydrogen-bond donors (Lipinski definition) is 5. The minimum Gasteiger partial charge on any atom is -0.399 e. The molecule has 1 heterocycles. The van der Waals surface area contributed by atoms with Gasteiger partial charge in [-0.1, -0.05) is 0 Å². The predicted molar refractivity (Wildman–Crippen MR) is 139 cm³/mol. The summed E-state index contributed by atoms with van der Waals surface area (Å²) in [5.74, 6) is 0.169. The molecule has 0 saturated carbocycles. The van der Waals surface area contributed by atoms with Crippen LogP contribution >= 0.6 is 0 Å². The van der Waals surface area contributed by atoms with E-state index in [9.17, 15) is 9.59 Å². The van der Waals surface area contributed by atoms with Crippen LogP contribution in [-0.2, 0) is 0 Å². The molecule has 1 aromatic heterocycles. The van der Waals surface area contributed by atoms with Crippen LogP contribution in [-0.4, -0.2) is 21.7 Å². The van der Waals surface area contributed by atoms with E-state index < -0.39 is 0 Å². The zero-order chi connectivity index (χ0) is 24.5. The van der Waals surface area contributed by atoms with Gasteiger partial charge in [0.1, 0.15) is 11.3 Å². The van der Waals surface area contributed by atoms with Crippen molar-refractivity contribution in [2.24, 2.45) is 0 Å². The summed E-state index contributed by atoms with van der Waals surface area (Å²) in [5.41, 5.74) is 23.3. The number of fused-ring (bicyclic) bond motifs is 1. The van der Waals surface area contributed by atoms with Gasteiger partial charge >= 0.3 is 0 Å². The third kappa shape index (κ3) is 4.28. The number of aromatic nitrogens is 2. The largest absolute Gasteiger partial charge is 0.399 e. The van der Waals surface area contributed by atoms with E-state index in [1.807, 2.05) is 12.1 Å². The lowest BCUT2D eigenvalue weighted by atomic mass is 10.0. The van der Waals surface area contributed by atoms with Gasteiger partial charge < -0.3 is 27.5 Å². The van der Waals surface area contributed by atoms with Gasteiger partial charge in [0, 0.05) is 39.3 Å². The molecule has 0 fully saturated rings. The van der Waals surface area contributed by atoms with Crippen molar-refractivity contribution in [3.8, 4) is 11.4 Å². The second-order valence-corrected chi connectivity index (χ2v) is 8.11. The van der Waals surface area contributed by atoms with Crippen molar-refractivity contribution in [3.63, 3.8) is 0 Å². The summed E-state index contributed by atoms with van der Waals surface area (Å²) in [6.07, 6.45) is 0. The molecule has 1 amide bonds. The first-order valence-corrected chi connectivity index (χ1v) is 10.8. The number of hydrogen-bond acceptors (Lipinski definition) is 6. The Kier molecular flexibility index (Phi) is 5.39. The van der Waals surface area contributed by atoms with E-state index in [2.05, 4.69) is 15.3 Å². The van der Waals surface area contributed by atoms with Crippen molar-refractivity contribution >= 4 is 45.5 Å². The number of imidazole rings is 1. The second-order valence-electron chi connectivity index (χ2n) is 8.11. The van der Waals surface area contributed by atoms with Gasteiger partial charge in [-0.25, -0.2) is 4.98 Å². The van der Waals surface area contributed by atoms with Gasteiger partial charge in [0.25, 0.3) is 5.91 Å². The van der Waals surface area contributed by atoms with E-state index in [0.717, 1.165) is 5.56 Å². The van der Waals surface area contributed by atoms with Gasteiger partial charge in [-0.2, -0.15) is 0 Å². The van der Waals surface area contributed by atoms with Gasteiger partial charge in [0.2, 0.25) is 0 Å². The van der Waals surface area contributed by atoms with Gasteiger partial charge in [0.05, 0.1) is 11.2 Å². The first kappa shape index (κ1) is 21.7. The van der Waals surface area contributed by atoms with Crippen LogP contribution in [0.25, 0.3) is 22.4 Å². The Morgan fingerprint density at radius 1 is 0.714 bits per heavy atom. The molecule has 8 heteroatoms. The van der Waals surface area contributed by atoms with Crippen LogP contribution in [0.15, 0.2) is 84.9 Å². The number of carbonyl (C=O) groups is 2. The molecule has 0 radical (unpaired) electrons. The molecule has 0 spiro atoms. The highest BCUT2D eigenvalue weighted by Gasteiger charge is 2.17. The number of H-pyrrole nitrogens is 1. The molecule has 0 aliphatic heterocycles. The summed E-state index contributed by atoms with van der Waals surface area (Å²) in [6, 6.07) is 24.1. The van der Waals surface area contributed by atoms with E-state index >= 15 is 0 Å². The molecule has 4 aromatic carbocycles. The number of nitrogen functional groups attached to an aromatic ring is 3. The summed E-state index contributed by atoms with van der Waals surface area (Å²) in [6.45, 7) is 0. The molecular formula is C27H22N6O2. The molecule has 5 rings (SSSR count). The van der Waals surface area contributed by atoms with Gasteiger partial charge in [-0.15, -0.1) is 0 Å². The number of nitrogens with one attached hydrogen (secondary N) is 2. The molecule has 35 heavy (non-hydrogen) atoms. The number of anilines is 4. The molecule has 8 nitrogen and oxygen atoms in total. The van der Waals surface area contributed by atoms with Crippen LogP contribution in [0.4, 0.5) is 22.7 Å². The Bertz CT molecular complexity index is 1550. The van der Waals surface area contributed by atoms with Crippen LogP contribution in [0.5, 0.6) is 0 Å². The lowest BCUT2D eigenvalue weighted by molar-refractivity contribution is 0.102. The Balaban J connectivity index is 1.38. The van der Waals surface area contributed by atoms with Gasteiger partial charge in [-0.05, 0) is 84.9 Å². The molecule has 0 atom stereocenters. The fourth-order valence-electron chi connectivity index (χ4n) is 3.77. The lowest BCUT2D eigenvalue weighted by Gasteiger charge is -2.06. The smallest absolute Gasteiger partial charge is 0.255 e. The number of rotatable bonds is 5. The molecule has 0 saturated heterocycles. The first-order chi connectivity index (χ1) is 16.9. The van der Waals surface area contributed by atoms with E-state index in [1.165, 1.54) is 0 Å². The predicted octanol–water partition coefficient (Wildman–Crippen LogP) is 4.46. The summed E-state index contributed by atoms with van der Waals surface area (Å²) in [4.78, 5) is 33.2. The average Bonchev–Trinajstić information content (AvgIpc) is 3.31. The zero-order valence-corrected chi connectivity index (χ0v) is 18.6. The van der Waals surface area contributed by atoms with Crippen LogP contribution in [0.2, 0.25) is 0 Å². The quantitative estimate of drug-likeness (QED) is 0.192. The molecule has 0 unspecified atom stereocenters. The Hall–Kier alpha value is -5.11. The van der Waals surface area contributed by atoms with Crippen LogP contribution in [0, 0.1) is 0 Å². The zero-order valence-electron chi connectivity index (χ0n) is 18.6. The van der Waals surface area contributed by atoms with Crippen LogP contribution in [0.3, 0.4) is 0 Å². The number of amides is 1. The third-order valence-electron chi connectivity index (χ3n) is 5.70. The van der Waals surface area contributed by atoms with E-state index in [-0.39, 0.29) is 11.7 Å². The van der Waals surface area contributed by atoms with Crippen LogP contribution in [0.1, 0.15) is 26.3 Å². The summed E-state index contributed by atoms with van der Waals surface area (Å²) in [5, 5.41) is 2.86. The summed E-state index contributed by atoms with van der Waals surface area (Å²) < 4.78 is 0. The minimum absolute atomic E-state index is 0.199. The van der Waals surface area contributed by atoms with Gasteiger partial charge in [0.15, 0.2) is 5.78 Å². The highest BCUT2D eigenvalue weighted by atomic mass is 16.1. The maximum absolute atomic E-state index is 12.9. The average molecular weight is 463 g/mol. The van der Waals surface area contributed by atoms with Crippen molar-refractivity contribution in [1.82, 2.24) is 9.97 Å². The Morgan fingerprint density at radius 2 is 1.31 bits per heavy atom. The monoisotopic (exact) mass is 462 g/mol. The standard InChI is InChI=1S/C27H22N6O2/c28-18-7-1-15(2-8-18)25(34)21-13-14-22-24(23(21)30)33-26(32-22)16-5-11-20(12-6-16)31-27(35)17-3-9-19(29)10-4-17/h1-14H,28-30H2,(H,31,35)(H,32,33). The number of aromatic amines is 1. The fraction of sp³-hybridized carbons (Fsp3) is 0. The Labute approximate surface area is 200 Å². The molecule has 8 N–H and O–H groups in total. The third-order valence-corrected chi connectivity index (χ3v) is 5.70. The molecule has 0 aliphatic carbocycles. The van der Waals surface area contributed by atoms with Crippen molar-refractivity contribution in [2.45, 2.75) is 0 Å². The number of nitrogens with zero attached hydrogens (tertiary/aromatic N) is 1. The molecule has 0 bridgehead atoms. The maximum atomic E-state index is 12.9. The van der Waals surface area contributed by atoms with Crippen molar-refractivity contribution in [3.05, 3.63) is 102 Å². The minimum atomic E-state index is -0.229. The normalized spacial score (nSPS) is 10.9. The number of nitrogens with two attached hydrogens (primary N) is 3. The second kappa shape index (κ2) is 8.68. The Morgan fingerprint density at radius 3 is 1.94 bits per heavy atom. The van der Waals surface area contributed by atoms with E-state index in [0.29, 0.717) is 56.3 Å². The number of benzene rings is 4. The molecule has 0 aliphatic rings. The molecule has 172 valence electrons. The summed E-state index contributed by atoms with van der Waals surface area (Å²) in [7, 11) is 0. The maximum Gasteiger partial charge on any atom is 0.255 e. The van der Waals surface area contributed by atoms with Crippen molar-refractivity contribution in [2.75, 3.05) is 22.5 Å². The van der Waals surface area contributed by atoms with Crippen LogP contribution < -0.4 is 22.5 Å². The SMILES string of the molecule is Nc1ccc(C(=O)Nc2ccc(-c3nc4c(N)c(C(=O)c5ccc(N)cc5)ccc4[nH]3)cc2)cc1. The summed E-state index contributed by atoms with van der Waals surface area (Å²) >= 11 is 0. The molecular weight excluding hydrogens is 440 g/mol. The fourth-order valence-corrected chi connectivity index (χ4v) is 3.77. The first-order valence-electron chi connectivity index (χ1n) is 10.8. The van der Waals surface area contributed by atoms with E-state index in [1.54, 1.807) is 72.8 Å². The number of ketones is 1. The van der Waals surface area contributed by atoms with E-state index in [4.69, 9.17) is 17.2 Å².